The van der Waals surface area contributed by atoms with Crippen LogP contribution in [-0.2, 0) is 11.3 Å². The van der Waals surface area contributed by atoms with Crippen molar-refractivity contribution in [3.63, 3.8) is 0 Å². The van der Waals surface area contributed by atoms with Crippen LogP contribution in [0.3, 0.4) is 0 Å². The van der Waals surface area contributed by atoms with Gasteiger partial charge in [-0.3, -0.25) is 5.32 Å². The van der Waals surface area contributed by atoms with E-state index in [4.69, 9.17) is 4.74 Å². The minimum absolute atomic E-state index is 0.171. The lowest BCUT2D eigenvalue weighted by Crippen LogP contribution is -2.14. The summed E-state index contributed by atoms with van der Waals surface area (Å²) in [5.41, 5.74) is 2.03. The highest BCUT2D eigenvalue weighted by atomic mass is 79.9. The van der Waals surface area contributed by atoms with Crippen molar-refractivity contribution in [2.24, 2.45) is 0 Å². The molecule has 0 radical (unpaired) electrons. The van der Waals surface area contributed by atoms with Gasteiger partial charge in [0.05, 0.1) is 4.47 Å². The van der Waals surface area contributed by atoms with Crippen LogP contribution in [0.4, 0.5) is 14.9 Å². The summed E-state index contributed by atoms with van der Waals surface area (Å²) in [6.07, 6.45) is -0.612. The maximum absolute atomic E-state index is 13.4. The molecule has 1 amide bonds. The van der Waals surface area contributed by atoms with Crippen LogP contribution >= 0.6 is 15.9 Å². The highest BCUT2D eigenvalue weighted by molar-refractivity contribution is 9.10. The van der Waals surface area contributed by atoms with E-state index in [1.54, 1.807) is 13.0 Å². The smallest absolute Gasteiger partial charge is 0.411 e. The van der Waals surface area contributed by atoms with Crippen LogP contribution < -0.4 is 5.32 Å². The zero-order valence-corrected chi connectivity index (χ0v) is 12.4. The second-order valence-corrected chi connectivity index (χ2v) is 5.12. The van der Waals surface area contributed by atoms with Gasteiger partial charge in [-0.05, 0) is 46.1 Å². The quantitative estimate of drug-likeness (QED) is 0.885. The minimum atomic E-state index is -0.612. The third kappa shape index (κ3) is 3.81. The number of benzene rings is 2. The molecule has 0 aliphatic heterocycles. The second-order valence-electron chi connectivity index (χ2n) is 4.27. The Labute approximate surface area is 124 Å². The SMILES string of the molecule is Cc1cc(Br)c(F)cc1NC(=O)OCc1ccccc1. The maximum atomic E-state index is 13.4. The Bertz CT molecular complexity index is 617. The molecule has 0 heterocycles. The summed E-state index contributed by atoms with van der Waals surface area (Å²) in [7, 11) is 0. The molecule has 0 bridgehead atoms. The van der Waals surface area contributed by atoms with Crippen LogP contribution in [0.25, 0.3) is 0 Å². The molecule has 104 valence electrons. The first-order valence-corrected chi connectivity index (χ1v) is 6.79. The molecule has 0 unspecified atom stereocenters. The molecule has 5 heteroatoms. The van der Waals surface area contributed by atoms with E-state index in [1.165, 1.54) is 6.07 Å². The Morgan fingerprint density at radius 1 is 1.30 bits per heavy atom. The lowest BCUT2D eigenvalue weighted by atomic mass is 10.2. The number of rotatable bonds is 3. The normalized spacial score (nSPS) is 10.2. The van der Waals surface area contributed by atoms with Crippen molar-refractivity contribution in [1.82, 2.24) is 0 Å². The minimum Gasteiger partial charge on any atom is -0.444 e. The number of ether oxygens (including phenoxy) is 1. The average Bonchev–Trinajstić information content (AvgIpc) is 2.44. The number of nitrogens with one attached hydrogen (secondary N) is 1. The van der Waals surface area contributed by atoms with Crippen LogP contribution in [-0.4, -0.2) is 6.09 Å². The van der Waals surface area contributed by atoms with Crippen LogP contribution in [0.1, 0.15) is 11.1 Å². The number of anilines is 1. The molecule has 0 aliphatic carbocycles. The largest absolute Gasteiger partial charge is 0.444 e. The van der Waals surface area contributed by atoms with Gasteiger partial charge in [0.25, 0.3) is 0 Å². The zero-order valence-electron chi connectivity index (χ0n) is 10.8. The van der Waals surface area contributed by atoms with Gasteiger partial charge < -0.3 is 4.74 Å². The van der Waals surface area contributed by atoms with Gasteiger partial charge in [0.2, 0.25) is 0 Å². The highest BCUT2D eigenvalue weighted by Gasteiger charge is 2.09. The monoisotopic (exact) mass is 337 g/mol. The molecular weight excluding hydrogens is 325 g/mol. The van der Waals surface area contributed by atoms with Crippen molar-refractivity contribution in [2.75, 3.05) is 5.32 Å². The number of carbonyl (C=O) groups excluding carboxylic acids is 1. The van der Waals surface area contributed by atoms with Crippen LogP contribution in [0.15, 0.2) is 46.9 Å². The summed E-state index contributed by atoms with van der Waals surface area (Å²) in [5, 5.41) is 2.53. The molecule has 2 aromatic rings. The number of amides is 1. The summed E-state index contributed by atoms with van der Waals surface area (Å²) in [5.74, 6) is -0.436. The predicted octanol–water partition coefficient (Wildman–Crippen LogP) is 4.65. The first-order chi connectivity index (χ1) is 9.56. The first-order valence-electron chi connectivity index (χ1n) is 5.99. The van der Waals surface area contributed by atoms with Gasteiger partial charge in [0.1, 0.15) is 12.4 Å². The number of carbonyl (C=O) groups is 1. The van der Waals surface area contributed by atoms with Gasteiger partial charge in [-0.2, -0.15) is 0 Å². The van der Waals surface area contributed by atoms with Gasteiger partial charge in [-0.15, -0.1) is 0 Å². The van der Waals surface area contributed by atoms with E-state index in [1.807, 2.05) is 30.3 Å². The Kier molecular flexibility index (Phi) is 4.74. The first kappa shape index (κ1) is 14.5. The number of aryl methyl sites for hydroxylation is 1. The second kappa shape index (κ2) is 6.52. The Morgan fingerprint density at radius 3 is 2.70 bits per heavy atom. The lowest BCUT2D eigenvalue weighted by molar-refractivity contribution is 0.155. The Morgan fingerprint density at radius 2 is 2.00 bits per heavy atom. The van der Waals surface area contributed by atoms with Crippen molar-refractivity contribution in [3.8, 4) is 0 Å². The molecule has 1 N–H and O–H groups in total. The molecule has 0 aromatic heterocycles. The summed E-state index contributed by atoms with van der Waals surface area (Å²) < 4.78 is 18.9. The van der Waals surface area contributed by atoms with E-state index >= 15 is 0 Å². The molecule has 3 nitrogen and oxygen atoms in total. The third-order valence-electron chi connectivity index (χ3n) is 2.72. The van der Waals surface area contributed by atoms with Crippen molar-refractivity contribution >= 4 is 27.7 Å². The van der Waals surface area contributed by atoms with Crippen LogP contribution in [0, 0.1) is 12.7 Å². The van der Waals surface area contributed by atoms with Crippen LogP contribution in [0.5, 0.6) is 0 Å². The molecule has 0 aliphatic rings. The standard InChI is InChI=1S/C15H13BrFNO2/c1-10-7-12(16)13(17)8-14(10)18-15(19)20-9-11-5-3-2-4-6-11/h2-8H,9H2,1H3,(H,18,19). The molecule has 2 rings (SSSR count). The zero-order chi connectivity index (χ0) is 14.5. The van der Waals surface area contributed by atoms with Crippen molar-refractivity contribution in [1.29, 1.82) is 0 Å². The molecular formula is C15H13BrFNO2. The number of hydrogen-bond acceptors (Lipinski definition) is 2. The van der Waals surface area contributed by atoms with Gasteiger partial charge in [-0.1, -0.05) is 30.3 Å². The molecule has 0 saturated carbocycles. The molecule has 0 atom stereocenters. The summed E-state index contributed by atoms with van der Waals surface area (Å²) in [6, 6.07) is 12.2. The van der Waals surface area contributed by atoms with Gasteiger partial charge in [-0.25, -0.2) is 9.18 Å². The van der Waals surface area contributed by atoms with Crippen LogP contribution in [0.2, 0.25) is 0 Å². The van der Waals surface area contributed by atoms with Crippen molar-refractivity contribution in [3.05, 3.63) is 63.9 Å². The summed E-state index contributed by atoms with van der Waals surface area (Å²) in [4.78, 5) is 11.7. The van der Waals surface area contributed by atoms with Crippen molar-refractivity contribution in [2.45, 2.75) is 13.5 Å². The fourth-order valence-corrected chi connectivity index (χ4v) is 2.11. The fraction of sp³-hybridized carbons (Fsp3) is 0.133. The van der Waals surface area contributed by atoms with E-state index in [0.29, 0.717) is 10.2 Å². The van der Waals surface area contributed by atoms with E-state index in [-0.39, 0.29) is 6.61 Å². The predicted molar refractivity (Wildman–Crippen MR) is 79.1 cm³/mol. The van der Waals surface area contributed by atoms with E-state index in [2.05, 4.69) is 21.2 Å². The number of hydrogen-bond donors (Lipinski definition) is 1. The third-order valence-corrected chi connectivity index (χ3v) is 3.32. The summed E-state index contributed by atoms with van der Waals surface area (Å²) in [6.45, 7) is 1.95. The van der Waals surface area contributed by atoms with E-state index in [0.717, 1.165) is 11.1 Å². The van der Waals surface area contributed by atoms with Crippen molar-refractivity contribution < 1.29 is 13.9 Å². The van der Waals surface area contributed by atoms with E-state index in [9.17, 15) is 9.18 Å². The molecule has 0 fully saturated rings. The molecule has 0 saturated heterocycles. The Hall–Kier alpha value is -1.88. The molecule has 0 spiro atoms. The van der Waals surface area contributed by atoms with Gasteiger partial charge in [0.15, 0.2) is 0 Å². The fourth-order valence-electron chi connectivity index (χ4n) is 1.65. The highest BCUT2D eigenvalue weighted by Crippen LogP contribution is 2.24. The lowest BCUT2D eigenvalue weighted by Gasteiger charge is -2.10. The maximum Gasteiger partial charge on any atom is 0.411 e. The Balaban J connectivity index is 1.97. The summed E-state index contributed by atoms with van der Waals surface area (Å²) >= 11 is 3.09. The van der Waals surface area contributed by atoms with E-state index < -0.39 is 11.9 Å². The van der Waals surface area contributed by atoms with Gasteiger partial charge in [0, 0.05) is 5.69 Å². The van der Waals surface area contributed by atoms with Gasteiger partial charge >= 0.3 is 6.09 Å². The number of halogens is 2. The topological polar surface area (TPSA) is 38.3 Å². The average molecular weight is 338 g/mol. The molecule has 2 aromatic carbocycles. The molecule has 20 heavy (non-hydrogen) atoms.